The summed E-state index contributed by atoms with van der Waals surface area (Å²) < 4.78 is 38.9. The van der Waals surface area contributed by atoms with E-state index in [1.807, 2.05) is 4.68 Å². The summed E-state index contributed by atoms with van der Waals surface area (Å²) in [4.78, 5) is 15.3. The SMILES string of the molecule is COc1ccc2c(c1)-c1c(c(C(=O)N3CCOCC3)nn1[C@H]1CCCNC1)CS2(=O)=O. The van der Waals surface area contributed by atoms with Crippen LogP contribution in [0.5, 0.6) is 5.75 Å². The molecule has 1 aromatic heterocycles. The third-order valence-electron chi connectivity index (χ3n) is 6.24. The standard InChI is InChI=1S/C21H26N4O5S/c1-29-15-4-5-18-16(11-15)20-17(13-31(18,27)28)19(21(26)24-7-9-30-10-8-24)23-25(20)14-3-2-6-22-12-14/h4-5,11,14,22H,2-3,6-10,12-13H2,1H3/t14-/m0/s1. The summed E-state index contributed by atoms with van der Waals surface area (Å²) in [6.45, 7) is 3.56. The smallest absolute Gasteiger partial charge is 0.274 e. The number of hydrogen-bond acceptors (Lipinski definition) is 7. The maximum Gasteiger partial charge on any atom is 0.274 e. The summed E-state index contributed by atoms with van der Waals surface area (Å²) in [6, 6.07) is 5.03. The van der Waals surface area contributed by atoms with Crippen LogP contribution in [0.4, 0.5) is 0 Å². The predicted molar refractivity (Wildman–Crippen MR) is 113 cm³/mol. The number of carbonyl (C=O) groups excluding carboxylic acids is 1. The maximum atomic E-state index is 13.4. The van der Waals surface area contributed by atoms with Gasteiger partial charge in [0.05, 0.1) is 42.7 Å². The van der Waals surface area contributed by atoms with Gasteiger partial charge in [0, 0.05) is 30.8 Å². The van der Waals surface area contributed by atoms with Crippen molar-refractivity contribution < 1.29 is 22.7 Å². The monoisotopic (exact) mass is 446 g/mol. The molecule has 31 heavy (non-hydrogen) atoms. The van der Waals surface area contributed by atoms with Crippen molar-refractivity contribution >= 4 is 15.7 Å². The van der Waals surface area contributed by atoms with Crippen LogP contribution in [0.3, 0.4) is 0 Å². The first-order valence-corrected chi connectivity index (χ1v) is 12.2. The lowest BCUT2D eigenvalue weighted by atomic mass is 10.0. The maximum absolute atomic E-state index is 13.4. The fraction of sp³-hybridized carbons (Fsp3) is 0.524. The van der Waals surface area contributed by atoms with Crippen LogP contribution in [0.2, 0.25) is 0 Å². The molecule has 1 amide bonds. The van der Waals surface area contributed by atoms with Crippen molar-refractivity contribution in [3.8, 4) is 17.0 Å². The van der Waals surface area contributed by atoms with Gasteiger partial charge in [-0.25, -0.2) is 8.42 Å². The minimum atomic E-state index is -3.60. The second-order valence-corrected chi connectivity index (χ2v) is 10.1. The molecule has 166 valence electrons. The van der Waals surface area contributed by atoms with Gasteiger partial charge >= 0.3 is 0 Å². The number of nitrogens with one attached hydrogen (secondary N) is 1. The Morgan fingerprint density at radius 1 is 1.29 bits per heavy atom. The van der Waals surface area contributed by atoms with Gasteiger partial charge in [-0.1, -0.05) is 0 Å². The van der Waals surface area contributed by atoms with E-state index in [4.69, 9.17) is 14.6 Å². The topological polar surface area (TPSA) is 103 Å². The molecule has 1 aromatic carbocycles. The van der Waals surface area contributed by atoms with Crippen molar-refractivity contribution in [2.75, 3.05) is 46.5 Å². The number of benzene rings is 1. The summed E-state index contributed by atoms with van der Waals surface area (Å²) >= 11 is 0. The lowest BCUT2D eigenvalue weighted by Crippen LogP contribution is -2.41. The molecule has 10 heteroatoms. The highest BCUT2D eigenvalue weighted by Gasteiger charge is 2.38. The van der Waals surface area contributed by atoms with E-state index < -0.39 is 9.84 Å². The number of morpholine rings is 1. The van der Waals surface area contributed by atoms with Gasteiger partial charge in [-0.3, -0.25) is 9.48 Å². The highest BCUT2D eigenvalue weighted by molar-refractivity contribution is 7.90. The summed E-state index contributed by atoms with van der Waals surface area (Å²) in [7, 11) is -2.05. The first kappa shape index (κ1) is 20.5. The Morgan fingerprint density at radius 3 is 2.81 bits per heavy atom. The van der Waals surface area contributed by atoms with Crippen LogP contribution in [-0.2, 0) is 20.3 Å². The van der Waals surface area contributed by atoms with E-state index in [1.165, 1.54) is 0 Å². The van der Waals surface area contributed by atoms with Crippen molar-refractivity contribution in [1.82, 2.24) is 20.0 Å². The predicted octanol–water partition coefficient (Wildman–Crippen LogP) is 1.24. The lowest BCUT2D eigenvalue weighted by Gasteiger charge is -2.27. The Morgan fingerprint density at radius 2 is 2.10 bits per heavy atom. The van der Waals surface area contributed by atoms with Crippen molar-refractivity contribution in [1.29, 1.82) is 0 Å². The summed E-state index contributed by atoms with van der Waals surface area (Å²) in [5.41, 5.74) is 2.00. The van der Waals surface area contributed by atoms with E-state index in [0.29, 0.717) is 48.9 Å². The molecule has 4 heterocycles. The molecule has 9 nitrogen and oxygen atoms in total. The van der Waals surface area contributed by atoms with Gasteiger partial charge in [0.15, 0.2) is 15.5 Å². The van der Waals surface area contributed by atoms with Gasteiger partial charge in [-0.2, -0.15) is 5.10 Å². The van der Waals surface area contributed by atoms with Crippen molar-refractivity contribution in [3.05, 3.63) is 29.5 Å². The van der Waals surface area contributed by atoms with Gasteiger partial charge in [0.1, 0.15) is 5.75 Å². The molecule has 0 saturated carbocycles. The van der Waals surface area contributed by atoms with Crippen LogP contribution in [-0.4, -0.2) is 75.5 Å². The van der Waals surface area contributed by atoms with Crippen LogP contribution in [0.15, 0.2) is 23.1 Å². The molecular weight excluding hydrogens is 420 g/mol. The Balaban J connectivity index is 1.70. The van der Waals surface area contributed by atoms with Crippen molar-refractivity contribution in [3.63, 3.8) is 0 Å². The van der Waals surface area contributed by atoms with Gasteiger partial charge < -0.3 is 19.7 Å². The molecule has 1 N–H and O–H groups in total. The molecule has 0 spiro atoms. The van der Waals surface area contributed by atoms with Gasteiger partial charge in [0.25, 0.3) is 5.91 Å². The summed E-state index contributed by atoms with van der Waals surface area (Å²) in [5, 5.41) is 8.14. The molecule has 2 fully saturated rings. The third kappa shape index (κ3) is 3.52. The third-order valence-corrected chi connectivity index (χ3v) is 7.93. The normalized spacial score (nSPS) is 22.5. The molecular formula is C21H26N4O5S. The van der Waals surface area contributed by atoms with E-state index in [9.17, 15) is 13.2 Å². The fourth-order valence-electron chi connectivity index (χ4n) is 4.65. The van der Waals surface area contributed by atoms with E-state index in [-0.39, 0.29) is 28.3 Å². The molecule has 3 aliphatic rings. The molecule has 2 saturated heterocycles. The molecule has 0 bridgehead atoms. The van der Waals surface area contributed by atoms with Crippen LogP contribution < -0.4 is 10.1 Å². The first-order chi connectivity index (χ1) is 15.0. The van der Waals surface area contributed by atoms with Crippen LogP contribution in [0, 0.1) is 0 Å². The van der Waals surface area contributed by atoms with E-state index in [1.54, 1.807) is 30.2 Å². The lowest BCUT2D eigenvalue weighted by molar-refractivity contribution is 0.0297. The number of ether oxygens (including phenoxy) is 2. The number of methoxy groups -OCH3 is 1. The molecule has 3 aliphatic heterocycles. The average molecular weight is 447 g/mol. The van der Waals surface area contributed by atoms with Crippen molar-refractivity contribution in [2.45, 2.75) is 29.5 Å². The second-order valence-electron chi connectivity index (χ2n) is 8.15. The minimum Gasteiger partial charge on any atom is -0.497 e. The Kier molecular flexibility index (Phi) is 5.23. The summed E-state index contributed by atoms with van der Waals surface area (Å²) in [6.07, 6.45) is 1.91. The zero-order valence-corrected chi connectivity index (χ0v) is 18.3. The zero-order chi connectivity index (χ0) is 21.6. The largest absolute Gasteiger partial charge is 0.497 e. The number of nitrogens with zero attached hydrogens (tertiary/aromatic N) is 3. The van der Waals surface area contributed by atoms with Crippen LogP contribution in [0.1, 0.15) is 34.9 Å². The summed E-state index contributed by atoms with van der Waals surface area (Å²) in [5.74, 6) is 0.105. The molecule has 5 rings (SSSR count). The minimum absolute atomic E-state index is 0.0496. The average Bonchev–Trinajstić information content (AvgIpc) is 3.18. The number of fused-ring (bicyclic) bond motifs is 3. The fourth-order valence-corrected chi connectivity index (χ4v) is 6.22. The van der Waals surface area contributed by atoms with Gasteiger partial charge in [-0.15, -0.1) is 0 Å². The first-order valence-electron chi connectivity index (χ1n) is 10.6. The number of rotatable bonds is 3. The number of hydrogen-bond donors (Lipinski definition) is 1. The Labute approximate surface area is 181 Å². The number of aromatic nitrogens is 2. The molecule has 0 aliphatic carbocycles. The molecule has 1 atom stereocenters. The van der Waals surface area contributed by atoms with E-state index in [0.717, 1.165) is 25.9 Å². The zero-order valence-electron chi connectivity index (χ0n) is 17.5. The molecule has 0 radical (unpaired) electrons. The van der Waals surface area contributed by atoms with E-state index in [2.05, 4.69) is 5.32 Å². The highest BCUT2D eigenvalue weighted by Crippen LogP contribution is 2.43. The van der Waals surface area contributed by atoms with E-state index >= 15 is 0 Å². The molecule has 0 unspecified atom stereocenters. The molecule has 2 aromatic rings. The Hall–Kier alpha value is -2.43. The van der Waals surface area contributed by atoms with Gasteiger partial charge in [0.2, 0.25) is 0 Å². The number of carbonyl (C=O) groups is 1. The van der Waals surface area contributed by atoms with Crippen LogP contribution >= 0.6 is 0 Å². The Bertz CT molecular complexity index is 1120. The number of amides is 1. The van der Waals surface area contributed by atoms with Crippen molar-refractivity contribution in [2.24, 2.45) is 0 Å². The number of piperidine rings is 1. The van der Waals surface area contributed by atoms with Crippen LogP contribution in [0.25, 0.3) is 11.3 Å². The highest BCUT2D eigenvalue weighted by atomic mass is 32.2. The van der Waals surface area contributed by atoms with Gasteiger partial charge in [-0.05, 0) is 37.6 Å². The quantitative estimate of drug-likeness (QED) is 0.757. The second kappa shape index (κ2) is 7.92. The number of sulfone groups is 1.